The first kappa shape index (κ1) is 17.5. The highest BCUT2D eigenvalue weighted by atomic mass is 127. The van der Waals surface area contributed by atoms with Crippen LogP contribution in [0.2, 0.25) is 0 Å². The third-order valence-corrected chi connectivity index (χ3v) is 4.38. The zero-order valence-electron chi connectivity index (χ0n) is 13.1. The van der Waals surface area contributed by atoms with Crippen LogP contribution in [0.1, 0.15) is 32.8 Å². The lowest BCUT2D eigenvalue weighted by Gasteiger charge is -2.31. The molecule has 122 valence electrons. The maximum Gasteiger partial charge on any atom is 0.410 e. The second-order valence-electron chi connectivity index (χ2n) is 6.36. The summed E-state index contributed by atoms with van der Waals surface area (Å²) in [4.78, 5) is 14.1. The molecule has 0 saturated carbocycles. The second kappa shape index (κ2) is 7.12. The zero-order valence-corrected chi connectivity index (χ0v) is 15.2. The van der Waals surface area contributed by atoms with E-state index in [1.54, 1.807) is 11.0 Å². The Bertz CT molecular complexity index is 539. The van der Waals surface area contributed by atoms with Crippen LogP contribution in [0, 0.1) is 9.39 Å². The molecule has 0 aliphatic carbocycles. The molecule has 1 amide bonds. The third kappa shape index (κ3) is 4.81. The van der Waals surface area contributed by atoms with Crippen molar-refractivity contribution in [3.8, 4) is 0 Å². The number of carbonyl (C=O) groups is 1. The lowest BCUT2D eigenvalue weighted by Crippen LogP contribution is -2.43. The normalized spacial score (nSPS) is 18.3. The maximum atomic E-state index is 13.5. The number of benzene rings is 1. The summed E-state index contributed by atoms with van der Waals surface area (Å²) < 4.78 is 25.3. The molecule has 1 aromatic rings. The van der Waals surface area contributed by atoms with Gasteiger partial charge in [-0.3, -0.25) is 4.90 Å². The third-order valence-electron chi connectivity index (χ3n) is 3.32. The smallest absolute Gasteiger partial charge is 0.410 e. The topological polar surface area (TPSA) is 38.8 Å². The maximum absolute atomic E-state index is 13.5. The van der Waals surface area contributed by atoms with E-state index in [1.807, 2.05) is 20.8 Å². The summed E-state index contributed by atoms with van der Waals surface area (Å²) in [7, 11) is 0. The molecule has 1 atom stereocenters. The Balaban J connectivity index is 2.20. The lowest BCUT2D eigenvalue weighted by molar-refractivity contribution is 0.0125. The van der Waals surface area contributed by atoms with Crippen LogP contribution in [0.25, 0.3) is 0 Å². The molecule has 1 heterocycles. The minimum atomic E-state index is -0.566. The van der Waals surface area contributed by atoms with Crippen LogP contribution < -0.4 is 0 Å². The highest BCUT2D eigenvalue weighted by Gasteiger charge is 2.31. The predicted molar refractivity (Wildman–Crippen MR) is 90.1 cm³/mol. The van der Waals surface area contributed by atoms with Gasteiger partial charge in [0.1, 0.15) is 11.4 Å². The molecular weight excluding hydrogens is 400 g/mol. The Morgan fingerprint density at radius 3 is 2.82 bits per heavy atom. The zero-order chi connectivity index (χ0) is 16.3. The van der Waals surface area contributed by atoms with E-state index in [0.717, 1.165) is 15.6 Å². The van der Waals surface area contributed by atoms with Gasteiger partial charge in [0.25, 0.3) is 0 Å². The number of carbonyl (C=O) groups excluding carboxylic acids is 1. The highest BCUT2D eigenvalue weighted by molar-refractivity contribution is 14.1. The van der Waals surface area contributed by atoms with Gasteiger partial charge in [0, 0.05) is 10.2 Å². The van der Waals surface area contributed by atoms with Gasteiger partial charge in [0.2, 0.25) is 0 Å². The highest BCUT2D eigenvalue weighted by Crippen LogP contribution is 2.22. The van der Waals surface area contributed by atoms with E-state index in [1.165, 1.54) is 12.1 Å². The van der Waals surface area contributed by atoms with Gasteiger partial charge in [0.05, 0.1) is 19.2 Å². The van der Waals surface area contributed by atoms with Crippen molar-refractivity contribution in [3.05, 3.63) is 33.1 Å². The Kier molecular flexibility index (Phi) is 5.65. The number of hydrogen-bond acceptors (Lipinski definition) is 3. The van der Waals surface area contributed by atoms with Gasteiger partial charge in [-0.1, -0.05) is 0 Å². The van der Waals surface area contributed by atoms with Gasteiger partial charge >= 0.3 is 6.09 Å². The fourth-order valence-electron chi connectivity index (χ4n) is 2.28. The van der Waals surface area contributed by atoms with E-state index >= 15 is 0 Å². The Labute approximate surface area is 144 Å². The van der Waals surface area contributed by atoms with Crippen molar-refractivity contribution in [3.63, 3.8) is 0 Å². The molecule has 1 aliphatic rings. The van der Waals surface area contributed by atoms with Gasteiger partial charge in [0.15, 0.2) is 0 Å². The molecule has 1 aromatic carbocycles. The number of halogens is 2. The minimum absolute atomic E-state index is 0.0334. The first-order chi connectivity index (χ1) is 10.3. The molecule has 22 heavy (non-hydrogen) atoms. The number of hydrogen-bond donors (Lipinski definition) is 0. The first-order valence-electron chi connectivity index (χ1n) is 7.27. The van der Waals surface area contributed by atoms with E-state index in [0.29, 0.717) is 19.8 Å². The summed E-state index contributed by atoms with van der Waals surface area (Å²) >= 11 is 2.15. The molecule has 0 bridgehead atoms. The SMILES string of the molecule is CC(C)(C)OC(=O)N(Cc1cc(F)ccc1I)C1CCOC1. The number of nitrogens with zero attached hydrogens (tertiary/aromatic N) is 1. The number of rotatable bonds is 3. The molecule has 1 unspecified atom stereocenters. The number of amides is 1. The molecule has 6 heteroatoms. The average molecular weight is 421 g/mol. The predicted octanol–water partition coefficient (Wildman–Crippen LogP) is 3.96. The van der Waals surface area contributed by atoms with Crippen molar-refractivity contribution in [1.29, 1.82) is 0 Å². The number of ether oxygens (including phenoxy) is 2. The van der Waals surface area contributed by atoms with Crippen LogP contribution in [0.4, 0.5) is 9.18 Å². The van der Waals surface area contributed by atoms with Crippen LogP contribution in [0.15, 0.2) is 18.2 Å². The summed E-state index contributed by atoms with van der Waals surface area (Å²) in [6.45, 7) is 6.94. The quantitative estimate of drug-likeness (QED) is 0.694. The molecule has 1 fully saturated rings. The van der Waals surface area contributed by atoms with E-state index in [2.05, 4.69) is 22.6 Å². The van der Waals surface area contributed by atoms with Crippen molar-refractivity contribution in [2.24, 2.45) is 0 Å². The van der Waals surface area contributed by atoms with E-state index < -0.39 is 5.60 Å². The Morgan fingerprint density at radius 2 is 2.23 bits per heavy atom. The summed E-state index contributed by atoms with van der Waals surface area (Å²) in [5.74, 6) is -0.303. The molecule has 0 aromatic heterocycles. The van der Waals surface area contributed by atoms with Crippen molar-refractivity contribution >= 4 is 28.7 Å². The van der Waals surface area contributed by atoms with Crippen molar-refractivity contribution < 1.29 is 18.7 Å². The molecular formula is C16H21FINO3. The molecule has 0 spiro atoms. The fraction of sp³-hybridized carbons (Fsp3) is 0.562. The largest absolute Gasteiger partial charge is 0.444 e. The average Bonchev–Trinajstić information content (AvgIpc) is 2.91. The van der Waals surface area contributed by atoms with Gasteiger partial charge in [-0.2, -0.15) is 0 Å². The van der Waals surface area contributed by atoms with Gasteiger partial charge in [-0.15, -0.1) is 0 Å². The Morgan fingerprint density at radius 1 is 1.50 bits per heavy atom. The van der Waals surface area contributed by atoms with Crippen LogP contribution >= 0.6 is 22.6 Å². The monoisotopic (exact) mass is 421 g/mol. The van der Waals surface area contributed by atoms with Gasteiger partial charge < -0.3 is 9.47 Å². The summed E-state index contributed by atoms with van der Waals surface area (Å²) in [5, 5.41) is 0. The van der Waals surface area contributed by atoms with Crippen LogP contribution in [-0.4, -0.2) is 35.8 Å². The van der Waals surface area contributed by atoms with Gasteiger partial charge in [-0.05, 0) is 73.5 Å². The molecule has 4 nitrogen and oxygen atoms in total. The van der Waals surface area contributed by atoms with Crippen molar-refractivity contribution in [1.82, 2.24) is 4.90 Å². The second-order valence-corrected chi connectivity index (χ2v) is 7.52. The first-order valence-corrected chi connectivity index (χ1v) is 8.35. The molecule has 2 rings (SSSR count). The summed E-state index contributed by atoms with van der Waals surface area (Å²) in [6, 6.07) is 4.56. The molecule has 1 aliphatic heterocycles. The molecule has 1 saturated heterocycles. The van der Waals surface area contributed by atoms with Crippen molar-refractivity contribution in [2.45, 2.75) is 45.4 Å². The fourth-order valence-corrected chi connectivity index (χ4v) is 2.79. The molecule has 0 N–H and O–H groups in total. The lowest BCUT2D eigenvalue weighted by atomic mass is 10.1. The van der Waals surface area contributed by atoms with E-state index in [-0.39, 0.29) is 18.0 Å². The minimum Gasteiger partial charge on any atom is -0.444 e. The van der Waals surface area contributed by atoms with Crippen LogP contribution in [0.3, 0.4) is 0 Å². The van der Waals surface area contributed by atoms with Crippen LogP contribution in [0.5, 0.6) is 0 Å². The van der Waals surface area contributed by atoms with E-state index in [9.17, 15) is 9.18 Å². The summed E-state index contributed by atoms with van der Waals surface area (Å²) in [6.07, 6.45) is 0.383. The summed E-state index contributed by atoms with van der Waals surface area (Å²) in [5.41, 5.74) is 0.211. The standard InChI is InChI=1S/C16H21FINO3/c1-16(2,3)22-15(20)19(13-6-7-21-10-13)9-11-8-12(17)4-5-14(11)18/h4-5,8,13H,6-7,9-10H2,1-3H3. The Hall–Kier alpha value is -0.890. The van der Waals surface area contributed by atoms with Crippen molar-refractivity contribution in [2.75, 3.05) is 13.2 Å². The van der Waals surface area contributed by atoms with Gasteiger partial charge in [-0.25, -0.2) is 9.18 Å². The molecule has 0 radical (unpaired) electrons. The van der Waals surface area contributed by atoms with E-state index in [4.69, 9.17) is 9.47 Å². The van der Waals surface area contributed by atoms with Crippen LogP contribution in [-0.2, 0) is 16.0 Å².